The van der Waals surface area contributed by atoms with Crippen LogP contribution in [-0.4, -0.2) is 49.5 Å². The predicted molar refractivity (Wildman–Crippen MR) is 182 cm³/mol. The van der Waals surface area contributed by atoms with Crippen LogP contribution in [0.5, 0.6) is 11.5 Å². The number of azo groups is 1. The van der Waals surface area contributed by atoms with Crippen molar-refractivity contribution in [2.45, 2.75) is 121 Å². The van der Waals surface area contributed by atoms with Gasteiger partial charge in [-0.3, -0.25) is 0 Å². The molecule has 0 aliphatic carbocycles. The Labute approximate surface area is 276 Å². The number of aliphatic carboxylic acids is 2. The smallest absolute Gasteiger partial charge is 0.414 e. The number of nitriles is 1. The molecule has 0 spiro atoms. The molecule has 9 heteroatoms. The van der Waals surface area contributed by atoms with E-state index in [1.54, 1.807) is 21.3 Å². The van der Waals surface area contributed by atoms with Crippen molar-refractivity contribution in [2.75, 3.05) is 21.3 Å². The van der Waals surface area contributed by atoms with E-state index in [-0.39, 0.29) is 6.04 Å². The standard InChI is InChI=1S/C35H53N3O2.C2H2O4/c1-5-6-7-8-9-10-11-12-13-14-25-35(29-36,31-19-16-22-34(28-31)40-4)26-17-20-32(38-37-2)24-23-30-18-15-21-33(27-30)39-3;3-1(4)2(5)6/h15-16,18-19,21-22,27-28,32H,5-14,17,20,23-26H2,1-4H3;(H,3,4)(H,5,6)/b38-37+;. The third kappa shape index (κ3) is 16.4. The van der Waals surface area contributed by atoms with Crippen LogP contribution in [0.2, 0.25) is 0 Å². The molecular formula is C37H55N3O6. The Kier molecular flexibility index (Phi) is 21.2. The Hall–Kier alpha value is -3.93. The molecule has 2 unspecified atom stereocenters. The van der Waals surface area contributed by atoms with Gasteiger partial charge in [0.15, 0.2) is 0 Å². The first-order chi connectivity index (χ1) is 22.2. The van der Waals surface area contributed by atoms with Crippen LogP contribution in [0.1, 0.15) is 114 Å². The minimum absolute atomic E-state index is 0.148. The van der Waals surface area contributed by atoms with E-state index in [0.717, 1.165) is 62.0 Å². The lowest BCUT2D eigenvalue weighted by Gasteiger charge is -2.28. The van der Waals surface area contributed by atoms with Gasteiger partial charge in [-0.1, -0.05) is 95.4 Å². The van der Waals surface area contributed by atoms with Crippen molar-refractivity contribution in [2.24, 2.45) is 10.2 Å². The zero-order chi connectivity index (χ0) is 34.0. The topological polar surface area (TPSA) is 142 Å². The maximum atomic E-state index is 10.6. The number of ether oxygens (including phenoxy) is 2. The molecule has 254 valence electrons. The summed E-state index contributed by atoms with van der Waals surface area (Å²) in [5.74, 6) is -1.95. The molecule has 2 rings (SSSR count). The van der Waals surface area contributed by atoms with Gasteiger partial charge in [-0.15, -0.1) is 0 Å². The predicted octanol–water partition coefficient (Wildman–Crippen LogP) is 9.19. The number of carboxylic acids is 2. The number of hydrogen-bond donors (Lipinski definition) is 2. The van der Waals surface area contributed by atoms with E-state index in [1.807, 2.05) is 24.3 Å². The fourth-order valence-electron chi connectivity index (χ4n) is 5.65. The Bertz CT molecular complexity index is 1200. The molecule has 2 aromatic rings. The van der Waals surface area contributed by atoms with Crippen molar-refractivity contribution < 1.29 is 29.3 Å². The zero-order valence-corrected chi connectivity index (χ0v) is 28.4. The number of carboxylic acid groups (broad SMARTS) is 2. The van der Waals surface area contributed by atoms with Crippen molar-refractivity contribution in [3.63, 3.8) is 0 Å². The molecule has 2 aromatic carbocycles. The van der Waals surface area contributed by atoms with Crippen LogP contribution in [-0.2, 0) is 21.4 Å². The van der Waals surface area contributed by atoms with Gasteiger partial charge in [-0.2, -0.15) is 15.5 Å². The van der Waals surface area contributed by atoms with Crippen molar-refractivity contribution in [3.8, 4) is 17.6 Å². The molecule has 0 aliphatic heterocycles. The van der Waals surface area contributed by atoms with Crippen LogP contribution in [0.25, 0.3) is 0 Å². The average molecular weight is 638 g/mol. The second-order valence-corrected chi connectivity index (χ2v) is 11.7. The molecule has 0 amide bonds. The third-order valence-corrected chi connectivity index (χ3v) is 8.30. The van der Waals surface area contributed by atoms with E-state index in [9.17, 15) is 5.26 Å². The molecular weight excluding hydrogens is 582 g/mol. The fraction of sp³-hybridized carbons (Fsp3) is 0.595. The summed E-state index contributed by atoms with van der Waals surface area (Å²) < 4.78 is 10.9. The molecule has 0 fully saturated rings. The van der Waals surface area contributed by atoms with Gasteiger partial charge in [-0.05, 0) is 73.9 Å². The summed E-state index contributed by atoms with van der Waals surface area (Å²) in [5, 5.41) is 34.0. The number of hydrogen-bond acceptors (Lipinski definition) is 7. The number of nitrogens with zero attached hydrogens (tertiary/aromatic N) is 3. The third-order valence-electron chi connectivity index (χ3n) is 8.30. The summed E-state index contributed by atoms with van der Waals surface area (Å²) in [7, 11) is 5.14. The molecule has 46 heavy (non-hydrogen) atoms. The Balaban J connectivity index is 0.00000160. The van der Waals surface area contributed by atoms with Crippen LogP contribution in [0, 0.1) is 11.3 Å². The number of rotatable bonds is 22. The molecule has 2 atom stereocenters. The minimum atomic E-state index is -1.82. The van der Waals surface area contributed by atoms with Crippen molar-refractivity contribution in [1.29, 1.82) is 5.26 Å². The lowest BCUT2D eigenvalue weighted by molar-refractivity contribution is -0.159. The highest BCUT2D eigenvalue weighted by Crippen LogP contribution is 2.37. The Morgan fingerprint density at radius 3 is 1.89 bits per heavy atom. The monoisotopic (exact) mass is 637 g/mol. The van der Waals surface area contributed by atoms with Gasteiger partial charge in [0, 0.05) is 7.05 Å². The highest BCUT2D eigenvalue weighted by atomic mass is 16.5. The number of methoxy groups -OCH3 is 2. The van der Waals surface area contributed by atoms with Gasteiger partial charge >= 0.3 is 11.9 Å². The first kappa shape index (κ1) is 40.1. The number of carbonyl (C=O) groups is 2. The molecule has 0 bridgehead atoms. The zero-order valence-electron chi connectivity index (χ0n) is 28.4. The summed E-state index contributed by atoms with van der Waals surface area (Å²) in [6.07, 6.45) is 18.4. The van der Waals surface area contributed by atoms with E-state index in [2.05, 4.69) is 47.5 Å². The van der Waals surface area contributed by atoms with Crippen molar-refractivity contribution in [3.05, 3.63) is 59.7 Å². The first-order valence-electron chi connectivity index (χ1n) is 16.7. The highest BCUT2D eigenvalue weighted by Gasteiger charge is 2.32. The maximum Gasteiger partial charge on any atom is 0.414 e. The number of aryl methyl sites for hydroxylation is 1. The Morgan fingerprint density at radius 2 is 1.35 bits per heavy atom. The van der Waals surface area contributed by atoms with Gasteiger partial charge in [0.1, 0.15) is 11.5 Å². The molecule has 0 radical (unpaired) electrons. The van der Waals surface area contributed by atoms with Crippen LogP contribution >= 0.6 is 0 Å². The number of unbranched alkanes of at least 4 members (excludes halogenated alkanes) is 9. The fourth-order valence-corrected chi connectivity index (χ4v) is 5.65. The quantitative estimate of drug-likeness (QED) is 0.0744. The largest absolute Gasteiger partial charge is 0.497 e. The molecule has 0 aromatic heterocycles. The van der Waals surface area contributed by atoms with Crippen LogP contribution in [0.3, 0.4) is 0 Å². The maximum absolute atomic E-state index is 10.6. The van der Waals surface area contributed by atoms with Crippen molar-refractivity contribution in [1.82, 2.24) is 0 Å². The van der Waals surface area contributed by atoms with E-state index >= 15 is 0 Å². The molecule has 0 saturated heterocycles. The summed E-state index contributed by atoms with van der Waals surface area (Å²) in [4.78, 5) is 18.2. The summed E-state index contributed by atoms with van der Waals surface area (Å²) in [6.45, 7) is 2.27. The summed E-state index contributed by atoms with van der Waals surface area (Å²) in [5.41, 5.74) is 1.82. The normalized spacial score (nSPS) is 12.8. The molecule has 0 heterocycles. The summed E-state index contributed by atoms with van der Waals surface area (Å²) in [6, 6.07) is 19.3. The second-order valence-electron chi connectivity index (χ2n) is 11.7. The highest BCUT2D eigenvalue weighted by molar-refractivity contribution is 6.27. The second kappa shape index (κ2) is 24.3. The SMILES string of the molecule is CCCCCCCCCCCCC(C#N)(CCCC(CCc1cccc(OC)c1)/N=N/C)c1cccc(OC)c1.O=C(O)C(=O)O. The average Bonchev–Trinajstić information content (AvgIpc) is 3.07. The van der Waals surface area contributed by atoms with E-state index in [1.165, 1.54) is 63.4 Å². The summed E-state index contributed by atoms with van der Waals surface area (Å²) >= 11 is 0. The van der Waals surface area contributed by atoms with Gasteiger partial charge in [-0.25, -0.2) is 9.59 Å². The van der Waals surface area contributed by atoms with E-state index in [0.29, 0.717) is 0 Å². The van der Waals surface area contributed by atoms with Crippen LogP contribution in [0.15, 0.2) is 58.8 Å². The Morgan fingerprint density at radius 1 is 0.804 bits per heavy atom. The van der Waals surface area contributed by atoms with Crippen molar-refractivity contribution >= 4 is 11.9 Å². The minimum Gasteiger partial charge on any atom is -0.497 e. The molecule has 2 N–H and O–H groups in total. The van der Waals surface area contributed by atoms with Gasteiger partial charge < -0.3 is 19.7 Å². The van der Waals surface area contributed by atoms with Crippen LogP contribution < -0.4 is 9.47 Å². The van der Waals surface area contributed by atoms with Crippen LogP contribution in [0.4, 0.5) is 0 Å². The molecule has 0 aliphatic rings. The number of benzene rings is 2. The molecule has 0 saturated carbocycles. The lowest BCUT2D eigenvalue weighted by atomic mass is 9.73. The van der Waals surface area contributed by atoms with Gasteiger partial charge in [0.05, 0.1) is 31.7 Å². The van der Waals surface area contributed by atoms with E-state index < -0.39 is 17.4 Å². The van der Waals surface area contributed by atoms with E-state index in [4.69, 9.17) is 29.3 Å². The van der Waals surface area contributed by atoms with Gasteiger partial charge in [0.2, 0.25) is 0 Å². The lowest BCUT2D eigenvalue weighted by Crippen LogP contribution is -2.25. The first-order valence-corrected chi connectivity index (χ1v) is 16.7. The molecule has 9 nitrogen and oxygen atoms in total. The van der Waals surface area contributed by atoms with Gasteiger partial charge in [0.25, 0.3) is 0 Å².